The second-order valence-corrected chi connectivity index (χ2v) is 12.4. The van der Waals surface area contributed by atoms with Crippen molar-refractivity contribution in [3.63, 3.8) is 0 Å². The Labute approximate surface area is 297 Å². The van der Waals surface area contributed by atoms with Crippen LogP contribution in [0.5, 0.6) is 0 Å². The van der Waals surface area contributed by atoms with Crippen molar-refractivity contribution >= 4 is 17.9 Å². The zero-order valence-corrected chi connectivity index (χ0v) is 27.3. The minimum atomic E-state index is -4.81. The third-order valence-corrected chi connectivity index (χ3v) is 8.93. The van der Waals surface area contributed by atoms with Gasteiger partial charge in [0.2, 0.25) is 0 Å². The van der Waals surface area contributed by atoms with Gasteiger partial charge in [-0.3, -0.25) is 0 Å². The summed E-state index contributed by atoms with van der Waals surface area (Å²) in [6, 6.07) is 12.2. The SMILES string of the molecule is CCC(COC(=O)c1ccc(C2(C(F)(F)F)N=N2)cc1)(COC(=O)c1ccc(C2(C(F)(F)F)N=N2)cc1)COC(=O)c1ccc(C2(C(F)(F)F)N=N2)cc1. The molecule has 0 aliphatic carbocycles. The van der Waals surface area contributed by atoms with Gasteiger partial charge >= 0.3 is 53.4 Å². The summed E-state index contributed by atoms with van der Waals surface area (Å²) in [4.78, 5) is 38.9. The van der Waals surface area contributed by atoms with E-state index in [1.54, 1.807) is 6.92 Å². The summed E-state index contributed by atoms with van der Waals surface area (Å²) in [6.07, 6.45) is -14.4. The number of hydrogen-bond acceptors (Lipinski definition) is 12. The van der Waals surface area contributed by atoms with E-state index in [1.807, 2.05) is 0 Å². The number of esters is 3. The van der Waals surface area contributed by atoms with Gasteiger partial charge in [0, 0.05) is 16.7 Å². The first-order chi connectivity index (χ1) is 25.2. The van der Waals surface area contributed by atoms with Crippen LogP contribution >= 0.6 is 0 Å². The van der Waals surface area contributed by atoms with Crippen LogP contribution in [0.25, 0.3) is 0 Å². The first-order valence-electron chi connectivity index (χ1n) is 15.6. The Morgan fingerprint density at radius 3 is 0.852 bits per heavy atom. The van der Waals surface area contributed by atoms with Crippen LogP contribution in [-0.2, 0) is 31.2 Å². The Kier molecular flexibility index (Phi) is 9.12. The highest BCUT2D eigenvalue weighted by Gasteiger charge is 2.66. The van der Waals surface area contributed by atoms with Crippen molar-refractivity contribution in [1.29, 1.82) is 0 Å². The molecular formula is C33H23F9N6O6. The van der Waals surface area contributed by atoms with Gasteiger partial charge in [-0.2, -0.15) is 39.5 Å². The van der Waals surface area contributed by atoms with Gasteiger partial charge in [-0.05, 0) is 42.8 Å². The molecule has 284 valence electrons. The first-order valence-corrected chi connectivity index (χ1v) is 15.6. The molecule has 0 amide bonds. The maximum atomic E-state index is 13.4. The van der Waals surface area contributed by atoms with E-state index in [0.29, 0.717) is 0 Å². The topological polar surface area (TPSA) is 153 Å². The summed E-state index contributed by atoms with van der Waals surface area (Å²) in [5.74, 6) is -3.09. The normalized spacial score (nSPS) is 17.4. The monoisotopic (exact) mass is 770 g/mol. The number of carbonyl (C=O) groups excluding carboxylic acids is 3. The molecule has 0 spiro atoms. The van der Waals surface area contributed by atoms with E-state index in [-0.39, 0.29) is 39.8 Å². The maximum absolute atomic E-state index is 13.4. The molecule has 0 saturated heterocycles. The van der Waals surface area contributed by atoms with Crippen LogP contribution in [0, 0.1) is 5.41 Å². The quantitative estimate of drug-likeness (QED) is 0.0965. The molecule has 0 aromatic heterocycles. The van der Waals surface area contributed by atoms with E-state index in [0.717, 1.165) is 72.8 Å². The zero-order valence-electron chi connectivity index (χ0n) is 27.3. The molecule has 12 nitrogen and oxygen atoms in total. The molecule has 21 heteroatoms. The molecule has 0 N–H and O–H groups in total. The van der Waals surface area contributed by atoms with Crippen LogP contribution < -0.4 is 0 Å². The van der Waals surface area contributed by atoms with Crippen molar-refractivity contribution in [3.8, 4) is 0 Å². The van der Waals surface area contributed by atoms with Crippen LogP contribution in [0.3, 0.4) is 0 Å². The molecule has 0 bridgehead atoms. The van der Waals surface area contributed by atoms with Crippen LogP contribution in [0.1, 0.15) is 61.1 Å². The van der Waals surface area contributed by atoms with Crippen molar-refractivity contribution < 1.29 is 68.1 Å². The second-order valence-electron chi connectivity index (χ2n) is 12.4. The predicted octanol–water partition coefficient (Wildman–Crippen LogP) is 8.50. The maximum Gasteiger partial charge on any atom is 0.442 e. The minimum Gasteiger partial charge on any atom is -0.461 e. The molecule has 3 heterocycles. The summed E-state index contributed by atoms with van der Waals surface area (Å²) in [5, 5.41) is 18.5. The Hall–Kier alpha value is -5.76. The van der Waals surface area contributed by atoms with Gasteiger partial charge in [0.05, 0.1) is 22.1 Å². The van der Waals surface area contributed by atoms with E-state index in [4.69, 9.17) is 14.2 Å². The number of halogens is 9. The fourth-order valence-electron chi connectivity index (χ4n) is 5.18. The molecule has 0 fully saturated rings. The molecule has 3 aliphatic rings. The zero-order chi connectivity index (χ0) is 39.4. The van der Waals surface area contributed by atoms with Crippen molar-refractivity contribution in [2.45, 2.75) is 48.9 Å². The molecule has 54 heavy (non-hydrogen) atoms. The van der Waals surface area contributed by atoms with E-state index in [2.05, 4.69) is 30.7 Å². The molecule has 0 radical (unpaired) electrons. The van der Waals surface area contributed by atoms with Crippen molar-refractivity contribution in [3.05, 3.63) is 106 Å². The van der Waals surface area contributed by atoms with E-state index in [1.165, 1.54) is 0 Å². The van der Waals surface area contributed by atoms with Gasteiger partial charge in [0.25, 0.3) is 0 Å². The molecule has 3 aliphatic heterocycles. The number of hydrogen-bond donors (Lipinski definition) is 0. The number of nitrogens with zero attached hydrogens (tertiary/aromatic N) is 6. The Balaban J connectivity index is 1.15. The molecule has 3 aromatic carbocycles. The van der Waals surface area contributed by atoms with Gasteiger partial charge < -0.3 is 14.2 Å². The average Bonchev–Trinajstić information content (AvgIpc) is 3.98. The largest absolute Gasteiger partial charge is 0.461 e. The lowest BCUT2D eigenvalue weighted by atomic mass is 9.87. The highest BCUT2D eigenvalue weighted by Crippen LogP contribution is 2.54. The van der Waals surface area contributed by atoms with Gasteiger partial charge in [-0.15, -0.1) is 30.7 Å². The van der Waals surface area contributed by atoms with Crippen LogP contribution in [-0.4, -0.2) is 56.3 Å². The molecule has 0 saturated carbocycles. The van der Waals surface area contributed by atoms with Gasteiger partial charge in [-0.25, -0.2) is 14.4 Å². The predicted molar refractivity (Wildman–Crippen MR) is 161 cm³/mol. The standard InChI is InChI=1S/C33H23F9N6O6/c1-2-27(15-52-24(49)18-3-9-21(10-4-18)28(43-44-28)31(34,35)36,16-53-25(50)19-5-11-22(12-6-19)29(45-46-29)32(37,38)39)17-54-26(51)20-7-13-23(14-8-20)30(47-48-30)33(40,41)42/h3-14H,2,15-17H2,1H3. The molecule has 6 rings (SSSR count). The number of alkyl halides is 9. The highest BCUT2D eigenvalue weighted by atomic mass is 19.4. The lowest BCUT2D eigenvalue weighted by Gasteiger charge is -2.31. The number of benzene rings is 3. The Bertz CT molecular complexity index is 1800. The van der Waals surface area contributed by atoms with Gasteiger partial charge in [0.15, 0.2) is 0 Å². The van der Waals surface area contributed by atoms with Crippen LogP contribution in [0.2, 0.25) is 0 Å². The van der Waals surface area contributed by atoms with Gasteiger partial charge in [-0.1, -0.05) is 43.3 Å². The van der Waals surface area contributed by atoms with Crippen LogP contribution in [0.4, 0.5) is 39.5 Å². The van der Waals surface area contributed by atoms with E-state index in [9.17, 15) is 53.9 Å². The fraction of sp³-hybridized carbons (Fsp3) is 0.364. The van der Waals surface area contributed by atoms with E-state index >= 15 is 0 Å². The smallest absolute Gasteiger partial charge is 0.442 e. The molecular weight excluding hydrogens is 747 g/mol. The lowest BCUT2D eigenvalue weighted by Crippen LogP contribution is -2.39. The average molecular weight is 771 g/mol. The fourth-order valence-corrected chi connectivity index (χ4v) is 5.18. The minimum absolute atomic E-state index is 0.0109. The third-order valence-electron chi connectivity index (χ3n) is 8.93. The highest BCUT2D eigenvalue weighted by molar-refractivity contribution is 5.90. The van der Waals surface area contributed by atoms with Crippen molar-refractivity contribution in [2.24, 2.45) is 36.1 Å². The molecule has 0 atom stereocenters. The molecule has 0 unspecified atom stereocenters. The summed E-state index contributed by atoms with van der Waals surface area (Å²) in [7, 11) is 0. The van der Waals surface area contributed by atoms with Gasteiger partial charge in [0.1, 0.15) is 19.8 Å². The lowest BCUT2D eigenvalue weighted by molar-refractivity contribution is -0.166. The first kappa shape index (κ1) is 38.0. The summed E-state index contributed by atoms with van der Waals surface area (Å²) >= 11 is 0. The van der Waals surface area contributed by atoms with Crippen molar-refractivity contribution in [2.75, 3.05) is 19.8 Å². The Morgan fingerprint density at radius 1 is 0.463 bits per heavy atom. The summed E-state index contributed by atoms with van der Waals surface area (Å²) in [6.45, 7) is -0.263. The summed E-state index contributed by atoms with van der Waals surface area (Å²) < 4.78 is 137. The van der Waals surface area contributed by atoms with Crippen molar-refractivity contribution in [1.82, 2.24) is 0 Å². The molecule has 3 aromatic rings. The second kappa shape index (κ2) is 13.0. The van der Waals surface area contributed by atoms with E-state index < -0.39 is 78.7 Å². The number of carbonyl (C=O) groups is 3. The Morgan fingerprint density at radius 2 is 0.685 bits per heavy atom. The number of rotatable bonds is 13. The third kappa shape index (κ3) is 6.89. The number of ether oxygens (including phenoxy) is 3. The summed E-state index contributed by atoms with van der Waals surface area (Å²) in [5.41, 5.74) is -11.3. The van der Waals surface area contributed by atoms with Crippen LogP contribution in [0.15, 0.2) is 103 Å².